The van der Waals surface area contributed by atoms with E-state index >= 15 is 0 Å². The second-order valence-electron chi connectivity index (χ2n) is 6.20. The maximum atomic E-state index is 13.5. The van der Waals surface area contributed by atoms with Crippen molar-refractivity contribution in [2.24, 2.45) is 0 Å². The van der Waals surface area contributed by atoms with Crippen molar-refractivity contribution in [3.05, 3.63) is 59.4 Å². The number of nitrogens with one attached hydrogen (secondary N) is 2. The molecule has 5 nitrogen and oxygen atoms in total. The molecule has 0 unspecified atom stereocenters. The zero-order valence-electron chi connectivity index (χ0n) is 14.4. The van der Waals surface area contributed by atoms with E-state index in [2.05, 4.69) is 10.6 Å². The van der Waals surface area contributed by atoms with Crippen molar-refractivity contribution in [1.82, 2.24) is 5.32 Å². The number of amides is 2. The molecule has 0 radical (unpaired) electrons. The summed E-state index contributed by atoms with van der Waals surface area (Å²) in [7, 11) is 0. The normalized spacial score (nSPS) is 13.1. The SMILES string of the molecule is O=C(CN1CCCc2ccccc21)NCC(=O)Nc1ccc(F)c(F)c1F. The van der Waals surface area contributed by atoms with Crippen LogP contribution in [0.4, 0.5) is 24.5 Å². The van der Waals surface area contributed by atoms with Gasteiger partial charge >= 0.3 is 0 Å². The van der Waals surface area contributed by atoms with Gasteiger partial charge in [0.25, 0.3) is 0 Å². The summed E-state index contributed by atoms with van der Waals surface area (Å²) in [6.45, 7) is 0.410. The Labute approximate surface area is 154 Å². The van der Waals surface area contributed by atoms with Crippen LogP contribution in [0.3, 0.4) is 0 Å². The molecule has 0 bridgehead atoms. The van der Waals surface area contributed by atoms with Gasteiger partial charge in [-0.1, -0.05) is 18.2 Å². The molecule has 0 spiro atoms. The number of aryl methyl sites for hydroxylation is 1. The number of halogens is 3. The van der Waals surface area contributed by atoms with E-state index in [-0.39, 0.29) is 12.5 Å². The molecule has 0 saturated carbocycles. The van der Waals surface area contributed by atoms with E-state index in [1.807, 2.05) is 29.2 Å². The molecule has 2 amide bonds. The molecule has 1 aliphatic rings. The monoisotopic (exact) mass is 377 g/mol. The summed E-state index contributed by atoms with van der Waals surface area (Å²) in [5.41, 5.74) is 1.67. The van der Waals surface area contributed by atoms with Crippen LogP contribution in [-0.4, -0.2) is 31.4 Å². The Balaban J connectivity index is 1.53. The van der Waals surface area contributed by atoms with E-state index in [4.69, 9.17) is 0 Å². The highest BCUT2D eigenvalue weighted by atomic mass is 19.2. The van der Waals surface area contributed by atoms with Gasteiger partial charge in [-0.3, -0.25) is 9.59 Å². The number of para-hydroxylation sites is 1. The van der Waals surface area contributed by atoms with Gasteiger partial charge in [0.1, 0.15) is 0 Å². The quantitative estimate of drug-likeness (QED) is 0.788. The minimum Gasteiger partial charge on any atom is -0.362 e. The molecule has 0 saturated heterocycles. The topological polar surface area (TPSA) is 61.4 Å². The van der Waals surface area contributed by atoms with Gasteiger partial charge in [0.15, 0.2) is 17.5 Å². The summed E-state index contributed by atoms with van der Waals surface area (Å²) < 4.78 is 39.6. The number of anilines is 2. The van der Waals surface area contributed by atoms with Gasteiger partial charge in [0, 0.05) is 12.2 Å². The van der Waals surface area contributed by atoms with Crippen LogP contribution < -0.4 is 15.5 Å². The standard InChI is InChI=1S/C19H18F3N3O2/c20-13-7-8-14(19(22)18(13)21)24-16(26)10-23-17(27)11-25-9-3-5-12-4-1-2-6-15(12)25/h1-2,4,6-8H,3,5,9-11H2,(H,23,27)(H,24,26). The fraction of sp³-hybridized carbons (Fsp3) is 0.263. The lowest BCUT2D eigenvalue weighted by atomic mass is 10.0. The molecule has 142 valence electrons. The number of carbonyl (C=O) groups is 2. The maximum Gasteiger partial charge on any atom is 0.243 e. The molecular formula is C19H18F3N3O2. The van der Waals surface area contributed by atoms with Crippen LogP contribution in [0.5, 0.6) is 0 Å². The summed E-state index contributed by atoms with van der Waals surface area (Å²) in [5.74, 6) is -5.61. The Morgan fingerprint density at radius 1 is 1.00 bits per heavy atom. The lowest BCUT2D eigenvalue weighted by Gasteiger charge is -2.30. The fourth-order valence-corrected chi connectivity index (χ4v) is 3.00. The summed E-state index contributed by atoms with van der Waals surface area (Å²) in [6.07, 6.45) is 1.89. The first-order chi connectivity index (χ1) is 13.0. The Bertz CT molecular complexity index is 873. The first-order valence-electron chi connectivity index (χ1n) is 8.48. The number of hydrogen-bond donors (Lipinski definition) is 2. The first-order valence-corrected chi connectivity index (χ1v) is 8.48. The lowest BCUT2D eigenvalue weighted by Crippen LogP contribution is -2.42. The predicted molar refractivity (Wildman–Crippen MR) is 94.9 cm³/mol. The first kappa shape index (κ1) is 18.8. The van der Waals surface area contributed by atoms with Gasteiger partial charge in [0.2, 0.25) is 11.8 Å². The Hall–Kier alpha value is -3.03. The van der Waals surface area contributed by atoms with Crippen molar-refractivity contribution >= 4 is 23.2 Å². The van der Waals surface area contributed by atoms with Crippen molar-refractivity contribution in [1.29, 1.82) is 0 Å². The number of rotatable bonds is 5. The number of hydrogen-bond acceptors (Lipinski definition) is 3. The van der Waals surface area contributed by atoms with Crippen LogP contribution in [0.1, 0.15) is 12.0 Å². The van der Waals surface area contributed by atoms with Crippen LogP contribution in [-0.2, 0) is 16.0 Å². The average Bonchev–Trinajstić information content (AvgIpc) is 2.67. The number of carbonyl (C=O) groups excluding carboxylic acids is 2. The Morgan fingerprint density at radius 3 is 2.59 bits per heavy atom. The van der Waals surface area contributed by atoms with Gasteiger partial charge < -0.3 is 15.5 Å². The van der Waals surface area contributed by atoms with Crippen LogP contribution in [0.25, 0.3) is 0 Å². The molecular weight excluding hydrogens is 359 g/mol. The second kappa shape index (κ2) is 8.11. The third-order valence-electron chi connectivity index (χ3n) is 4.30. The molecule has 0 aromatic heterocycles. The molecule has 1 heterocycles. The minimum absolute atomic E-state index is 0.0871. The Kier molecular flexibility index (Phi) is 5.63. The van der Waals surface area contributed by atoms with E-state index in [9.17, 15) is 22.8 Å². The summed E-state index contributed by atoms with van der Waals surface area (Å²) in [6, 6.07) is 9.44. The van der Waals surface area contributed by atoms with E-state index in [0.717, 1.165) is 31.1 Å². The summed E-state index contributed by atoms with van der Waals surface area (Å²) in [5, 5.41) is 4.55. The number of fused-ring (bicyclic) bond motifs is 1. The minimum atomic E-state index is -1.67. The molecule has 0 atom stereocenters. The van der Waals surface area contributed by atoms with Gasteiger partial charge in [-0.15, -0.1) is 0 Å². The molecule has 0 aliphatic carbocycles. The number of benzene rings is 2. The van der Waals surface area contributed by atoms with E-state index < -0.39 is 35.6 Å². The van der Waals surface area contributed by atoms with Crippen molar-refractivity contribution < 1.29 is 22.8 Å². The largest absolute Gasteiger partial charge is 0.362 e. The maximum absolute atomic E-state index is 13.5. The predicted octanol–water partition coefficient (Wildman–Crippen LogP) is 2.61. The molecule has 8 heteroatoms. The molecule has 2 aromatic rings. The zero-order valence-corrected chi connectivity index (χ0v) is 14.4. The molecule has 27 heavy (non-hydrogen) atoms. The lowest BCUT2D eigenvalue weighted by molar-refractivity contribution is -0.123. The molecule has 1 aliphatic heterocycles. The highest BCUT2D eigenvalue weighted by Crippen LogP contribution is 2.26. The summed E-state index contributed by atoms with van der Waals surface area (Å²) >= 11 is 0. The van der Waals surface area contributed by atoms with Crippen molar-refractivity contribution in [2.45, 2.75) is 12.8 Å². The average molecular weight is 377 g/mol. The molecule has 0 fully saturated rings. The highest BCUT2D eigenvalue weighted by molar-refractivity contribution is 5.95. The van der Waals surface area contributed by atoms with Gasteiger partial charge in [-0.05, 0) is 36.6 Å². The highest BCUT2D eigenvalue weighted by Gasteiger charge is 2.19. The van der Waals surface area contributed by atoms with Gasteiger partial charge in [0.05, 0.1) is 18.8 Å². The molecule has 2 aromatic carbocycles. The van der Waals surface area contributed by atoms with E-state index in [1.165, 1.54) is 5.56 Å². The fourth-order valence-electron chi connectivity index (χ4n) is 3.00. The molecule has 2 N–H and O–H groups in total. The van der Waals surface area contributed by atoms with Crippen molar-refractivity contribution in [3.8, 4) is 0 Å². The second-order valence-corrected chi connectivity index (χ2v) is 6.20. The van der Waals surface area contributed by atoms with Crippen molar-refractivity contribution in [2.75, 3.05) is 29.9 Å². The zero-order chi connectivity index (χ0) is 19.4. The van der Waals surface area contributed by atoms with Gasteiger partial charge in [-0.25, -0.2) is 13.2 Å². The van der Waals surface area contributed by atoms with Crippen molar-refractivity contribution in [3.63, 3.8) is 0 Å². The third-order valence-corrected chi connectivity index (χ3v) is 4.30. The van der Waals surface area contributed by atoms with Crippen LogP contribution >= 0.6 is 0 Å². The van der Waals surface area contributed by atoms with Crippen LogP contribution in [0, 0.1) is 17.5 Å². The molecule has 3 rings (SSSR count). The smallest absolute Gasteiger partial charge is 0.243 e. The van der Waals surface area contributed by atoms with Gasteiger partial charge in [-0.2, -0.15) is 0 Å². The summed E-state index contributed by atoms with van der Waals surface area (Å²) in [4.78, 5) is 25.9. The Morgan fingerprint density at radius 2 is 1.78 bits per heavy atom. The number of nitrogens with zero attached hydrogens (tertiary/aromatic N) is 1. The van der Waals surface area contributed by atoms with E-state index in [1.54, 1.807) is 0 Å². The van der Waals surface area contributed by atoms with Crippen LogP contribution in [0.15, 0.2) is 36.4 Å². The third kappa shape index (κ3) is 4.39. The van der Waals surface area contributed by atoms with Crippen LogP contribution in [0.2, 0.25) is 0 Å². The van der Waals surface area contributed by atoms with E-state index in [0.29, 0.717) is 6.07 Å².